The molecule has 0 aromatic carbocycles. The van der Waals surface area contributed by atoms with Crippen LogP contribution in [0.1, 0.15) is 26.7 Å². The summed E-state index contributed by atoms with van der Waals surface area (Å²) in [7, 11) is 0. The van der Waals surface area contributed by atoms with Gasteiger partial charge in [-0.3, -0.25) is 5.41 Å². The van der Waals surface area contributed by atoms with Gasteiger partial charge < -0.3 is 5.73 Å². The molecular weight excluding hydrogens is 378 g/mol. The highest BCUT2D eigenvalue weighted by molar-refractivity contribution is 14.1. The number of hydrogen-bond donors (Lipinski definition) is 2. The van der Waals surface area contributed by atoms with Gasteiger partial charge in [0.1, 0.15) is 0 Å². The summed E-state index contributed by atoms with van der Waals surface area (Å²) in [5, 5.41) is 7.43. The van der Waals surface area contributed by atoms with Crippen molar-refractivity contribution in [3.05, 3.63) is 0 Å². The van der Waals surface area contributed by atoms with Crippen molar-refractivity contribution >= 4 is 48.9 Å². The molecule has 0 aliphatic rings. The van der Waals surface area contributed by atoms with E-state index in [4.69, 9.17) is 11.1 Å². The van der Waals surface area contributed by atoms with Crippen molar-refractivity contribution in [1.82, 2.24) is 0 Å². The Kier molecular flexibility index (Phi) is 7.12. The summed E-state index contributed by atoms with van der Waals surface area (Å²) in [6.07, 6.45) is 2.13. The van der Waals surface area contributed by atoms with Crippen molar-refractivity contribution in [2.24, 2.45) is 17.6 Å². The summed E-state index contributed by atoms with van der Waals surface area (Å²) in [5.74, 6) is 1.03. The van der Waals surface area contributed by atoms with Crippen molar-refractivity contribution in [1.29, 1.82) is 5.41 Å². The maximum atomic E-state index is 7.43. The van der Waals surface area contributed by atoms with E-state index in [2.05, 4.69) is 59.0 Å². The fourth-order valence-electron chi connectivity index (χ4n) is 1.19. The van der Waals surface area contributed by atoms with Gasteiger partial charge in [0.05, 0.1) is 7.77 Å². The van der Waals surface area contributed by atoms with Crippen molar-refractivity contribution in [3.63, 3.8) is 0 Å². The minimum Gasteiger partial charge on any atom is -0.320 e. The van der Waals surface area contributed by atoms with Crippen LogP contribution in [0.5, 0.6) is 0 Å². The van der Waals surface area contributed by atoms with Crippen LogP contribution < -0.4 is 5.73 Å². The van der Waals surface area contributed by atoms with Crippen LogP contribution in [-0.4, -0.2) is 7.77 Å². The molecule has 0 aliphatic carbocycles. The third kappa shape index (κ3) is 6.59. The first-order chi connectivity index (χ1) is 5.43. The molecule has 0 radical (unpaired) electrons. The Hall–Kier alpha value is 1.09. The van der Waals surface area contributed by atoms with Gasteiger partial charge in [-0.1, -0.05) is 36.4 Å². The largest absolute Gasteiger partial charge is 0.320 e. The van der Waals surface area contributed by atoms with Crippen LogP contribution >= 0.6 is 45.2 Å². The SMILES string of the molecule is CC(CC(N)I)CC(C)C(=N)I. The van der Waals surface area contributed by atoms with Crippen LogP contribution in [0.4, 0.5) is 0 Å². The Labute approximate surface area is 102 Å². The fraction of sp³-hybridized carbons (Fsp3) is 0.875. The molecule has 3 unspecified atom stereocenters. The molecule has 0 aliphatic heterocycles. The lowest BCUT2D eigenvalue weighted by Crippen LogP contribution is -2.17. The summed E-state index contributed by atoms with van der Waals surface area (Å²) < 4.78 is 1.01. The van der Waals surface area contributed by atoms with E-state index in [-0.39, 0.29) is 4.05 Å². The summed E-state index contributed by atoms with van der Waals surface area (Å²) in [4.78, 5) is 0. The molecule has 3 atom stereocenters. The second-order valence-corrected chi connectivity index (χ2v) is 6.10. The van der Waals surface area contributed by atoms with E-state index in [0.717, 1.165) is 16.6 Å². The molecule has 12 heavy (non-hydrogen) atoms. The number of halogens is 2. The normalized spacial score (nSPS) is 18.4. The van der Waals surface area contributed by atoms with Gasteiger partial charge in [0, 0.05) is 5.92 Å². The molecule has 0 heterocycles. The van der Waals surface area contributed by atoms with E-state index in [9.17, 15) is 0 Å². The first-order valence-corrected chi connectivity index (χ1v) is 6.39. The smallest absolute Gasteiger partial charge is 0.0722 e. The Morgan fingerprint density at radius 1 is 1.42 bits per heavy atom. The molecule has 0 spiro atoms. The zero-order valence-electron chi connectivity index (χ0n) is 7.48. The van der Waals surface area contributed by atoms with Gasteiger partial charge in [-0.05, 0) is 41.4 Å². The summed E-state index contributed by atoms with van der Waals surface area (Å²) >= 11 is 4.33. The Morgan fingerprint density at radius 3 is 2.25 bits per heavy atom. The second-order valence-electron chi connectivity index (χ2n) is 3.34. The molecule has 0 aromatic heterocycles. The quantitative estimate of drug-likeness (QED) is 0.320. The van der Waals surface area contributed by atoms with Crippen molar-refractivity contribution in [2.45, 2.75) is 30.7 Å². The lowest BCUT2D eigenvalue weighted by atomic mass is 9.96. The van der Waals surface area contributed by atoms with Gasteiger partial charge in [-0.25, -0.2) is 0 Å². The molecule has 0 rings (SSSR count). The molecule has 0 fully saturated rings. The van der Waals surface area contributed by atoms with Gasteiger partial charge >= 0.3 is 0 Å². The van der Waals surface area contributed by atoms with E-state index in [1.807, 2.05) is 0 Å². The van der Waals surface area contributed by atoms with E-state index in [0.29, 0.717) is 11.8 Å². The first kappa shape index (κ1) is 13.1. The fourth-order valence-corrected chi connectivity index (χ4v) is 2.31. The van der Waals surface area contributed by atoms with Gasteiger partial charge in [-0.15, -0.1) is 0 Å². The molecule has 0 bridgehead atoms. The number of rotatable bonds is 5. The number of alkyl halides is 1. The van der Waals surface area contributed by atoms with Crippen molar-refractivity contribution < 1.29 is 0 Å². The minimum atomic E-state index is 0.258. The second kappa shape index (κ2) is 6.53. The zero-order valence-corrected chi connectivity index (χ0v) is 11.8. The van der Waals surface area contributed by atoms with Gasteiger partial charge in [0.25, 0.3) is 0 Å². The van der Waals surface area contributed by atoms with Crippen LogP contribution in [-0.2, 0) is 0 Å². The number of nitrogens with two attached hydrogens (primary N) is 1. The van der Waals surface area contributed by atoms with Crippen LogP contribution in [0, 0.1) is 17.2 Å². The van der Waals surface area contributed by atoms with Gasteiger partial charge in [0.15, 0.2) is 0 Å². The molecule has 0 saturated carbocycles. The number of hydrogen-bond acceptors (Lipinski definition) is 2. The maximum Gasteiger partial charge on any atom is 0.0722 e. The third-order valence-electron chi connectivity index (χ3n) is 1.82. The van der Waals surface area contributed by atoms with E-state index < -0.39 is 0 Å². The van der Waals surface area contributed by atoms with E-state index in [1.165, 1.54) is 0 Å². The molecule has 72 valence electrons. The van der Waals surface area contributed by atoms with Crippen molar-refractivity contribution in [2.75, 3.05) is 0 Å². The highest BCUT2D eigenvalue weighted by Crippen LogP contribution is 2.20. The van der Waals surface area contributed by atoms with Gasteiger partial charge in [-0.2, -0.15) is 0 Å². The Bertz CT molecular complexity index is 148. The van der Waals surface area contributed by atoms with Crippen LogP contribution in [0.2, 0.25) is 0 Å². The van der Waals surface area contributed by atoms with Crippen LogP contribution in [0.25, 0.3) is 0 Å². The highest BCUT2D eigenvalue weighted by atomic mass is 127. The lowest BCUT2D eigenvalue weighted by molar-refractivity contribution is 0.454. The van der Waals surface area contributed by atoms with Crippen LogP contribution in [0.3, 0.4) is 0 Å². The monoisotopic (exact) mass is 394 g/mol. The summed E-state index contributed by atoms with van der Waals surface area (Å²) in [5.41, 5.74) is 5.68. The van der Waals surface area contributed by atoms with E-state index in [1.54, 1.807) is 0 Å². The summed E-state index contributed by atoms with van der Waals surface area (Å²) in [6, 6.07) is 0. The Balaban J connectivity index is 3.68. The third-order valence-corrected chi connectivity index (χ3v) is 3.39. The molecule has 0 saturated heterocycles. The van der Waals surface area contributed by atoms with E-state index >= 15 is 0 Å². The molecule has 4 heteroatoms. The topological polar surface area (TPSA) is 49.9 Å². The zero-order chi connectivity index (χ0) is 9.72. The average Bonchev–Trinajstić information content (AvgIpc) is 1.84. The number of nitrogens with one attached hydrogen (secondary N) is 1. The maximum absolute atomic E-state index is 7.43. The lowest BCUT2D eigenvalue weighted by Gasteiger charge is -2.16. The molecule has 0 aromatic rings. The average molecular weight is 394 g/mol. The molecule has 0 amide bonds. The highest BCUT2D eigenvalue weighted by Gasteiger charge is 2.12. The summed E-state index contributed by atoms with van der Waals surface area (Å²) in [6.45, 7) is 4.30. The standard InChI is InChI=1S/C8H16I2N2/c1-5(4-7(9)11)3-6(2)8(10)12/h5-7,12H,3-4,11H2,1-2H3. The predicted molar refractivity (Wildman–Crippen MR) is 71.3 cm³/mol. The molecular formula is C8H16I2N2. The van der Waals surface area contributed by atoms with Gasteiger partial charge in [0.2, 0.25) is 0 Å². The Morgan fingerprint density at radius 2 is 1.92 bits per heavy atom. The predicted octanol–water partition coefficient (Wildman–Crippen LogP) is 3.17. The molecule has 2 nitrogen and oxygen atoms in total. The van der Waals surface area contributed by atoms with Crippen molar-refractivity contribution in [3.8, 4) is 0 Å². The first-order valence-electron chi connectivity index (χ1n) is 4.07. The molecule has 3 N–H and O–H groups in total. The minimum absolute atomic E-state index is 0.258. The van der Waals surface area contributed by atoms with Crippen LogP contribution in [0.15, 0.2) is 0 Å².